The van der Waals surface area contributed by atoms with Crippen molar-refractivity contribution in [3.05, 3.63) is 46.2 Å². The number of hydrogen-bond donors (Lipinski definition) is 2. The van der Waals surface area contributed by atoms with E-state index in [4.69, 9.17) is 5.73 Å². The fourth-order valence-electron chi connectivity index (χ4n) is 1.99. The van der Waals surface area contributed by atoms with Gasteiger partial charge in [0.05, 0.1) is 15.8 Å². The second-order valence-electron chi connectivity index (χ2n) is 4.87. The Balaban J connectivity index is 2.35. The van der Waals surface area contributed by atoms with Gasteiger partial charge >= 0.3 is 0 Å². The van der Waals surface area contributed by atoms with Crippen LogP contribution in [-0.2, 0) is 0 Å². The smallest absolute Gasteiger partial charge is 0.139 e. The van der Waals surface area contributed by atoms with Gasteiger partial charge in [0.1, 0.15) is 5.82 Å². The molecule has 0 spiro atoms. The predicted molar refractivity (Wildman–Crippen MR) is 87.3 cm³/mol. The van der Waals surface area contributed by atoms with E-state index < -0.39 is 0 Å². The largest absolute Gasteiger partial charge is 0.397 e. The first-order valence-electron chi connectivity index (χ1n) is 6.18. The van der Waals surface area contributed by atoms with Gasteiger partial charge in [-0.3, -0.25) is 0 Å². The van der Waals surface area contributed by atoms with Crippen molar-refractivity contribution in [3.63, 3.8) is 0 Å². The van der Waals surface area contributed by atoms with E-state index in [1.807, 2.05) is 44.1 Å². The zero-order valence-electron chi connectivity index (χ0n) is 11.7. The molecule has 20 heavy (non-hydrogen) atoms. The molecule has 106 valence electrons. The summed E-state index contributed by atoms with van der Waals surface area (Å²) in [4.78, 5) is 2.03. The maximum absolute atomic E-state index is 13.6. The van der Waals surface area contributed by atoms with Crippen LogP contribution >= 0.6 is 15.9 Å². The van der Waals surface area contributed by atoms with Crippen LogP contribution in [-0.4, -0.2) is 14.1 Å². The van der Waals surface area contributed by atoms with Gasteiger partial charge in [-0.1, -0.05) is 6.07 Å². The van der Waals surface area contributed by atoms with E-state index in [-0.39, 0.29) is 5.82 Å². The van der Waals surface area contributed by atoms with Crippen molar-refractivity contribution in [2.75, 3.05) is 30.0 Å². The number of halogens is 2. The first kappa shape index (κ1) is 14.7. The Morgan fingerprint density at radius 2 is 1.90 bits per heavy atom. The number of nitrogens with one attached hydrogen (secondary N) is 1. The molecular formula is C15H17BrFN3. The van der Waals surface area contributed by atoms with E-state index in [0.29, 0.717) is 15.8 Å². The maximum Gasteiger partial charge on any atom is 0.139 e. The minimum Gasteiger partial charge on any atom is -0.397 e. The molecule has 0 atom stereocenters. The lowest BCUT2D eigenvalue weighted by molar-refractivity contribution is 0.622. The number of aryl methyl sites for hydroxylation is 1. The van der Waals surface area contributed by atoms with E-state index in [0.717, 1.165) is 11.4 Å². The Morgan fingerprint density at radius 3 is 2.55 bits per heavy atom. The number of nitrogens with two attached hydrogens (primary N) is 1. The first-order chi connectivity index (χ1) is 9.38. The average Bonchev–Trinajstić information content (AvgIpc) is 2.37. The third kappa shape index (κ3) is 3.04. The molecule has 0 saturated heterocycles. The number of benzene rings is 2. The molecular weight excluding hydrogens is 321 g/mol. The fraction of sp³-hybridized carbons (Fsp3) is 0.200. The number of rotatable bonds is 3. The lowest BCUT2D eigenvalue weighted by Gasteiger charge is -2.18. The Morgan fingerprint density at radius 1 is 1.20 bits per heavy atom. The topological polar surface area (TPSA) is 41.3 Å². The number of hydrogen-bond acceptors (Lipinski definition) is 3. The van der Waals surface area contributed by atoms with Crippen LogP contribution in [0.3, 0.4) is 0 Å². The molecule has 3 N–H and O–H groups in total. The summed E-state index contributed by atoms with van der Waals surface area (Å²) in [6.07, 6.45) is 0. The molecule has 0 aromatic heterocycles. The summed E-state index contributed by atoms with van der Waals surface area (Å²) >= 11 is 3.12. The van der Waals surface area contributed by atoms with Crippen LogP contribution in [0.25, 0.3) is 0 Å². The zero-order valence-corrected chi connectivity index (χ0v) is 13.3. The number of nitrogen functional groups attached to an aromatic ring is 1. The first-order valence-corrected chi connectivity index (χ1v) is 6.97. The average molecular weight is 338 g/mol. The Kier molecular flexibility index (Phi) is 4.18. The summed E-state index contributed by atoms with van der Waals surface area (Å²) in [6.45, 7) is 2.05. The Hall–Kier alpha value is -1.75. The summed E-state index contributed by atoms with van der Waals surface area (Å²) in [6, 6.07) is 8.91. The van der Waals surface area contributed by atoms with Gasteiger partial charge in [0.2, 0.25) is 0 Å². The fourth-order valence-corrected chi connectivity index (χ4v) is 2.36. The van der Waals surface area contributed by atoms with Gasteiger partial charge in [0.25, 0.3) is 0 Å². The SMILES string of the molecule is Cc1ccc(Nc2cc(F)c(Br)cc2N)cc1N(C)C. The second kappa shape index (κ2) is 5.71. The van der Waals surface area contributed by atoms with E-state index in [2.05, 4.69) is 21.2 Å². The van der Waals surface area contributed by atoms with Gasteiger partial charge in [0, 0.05) is 31.5 Å². The second-order valence-corrected chi connectivity index (χ2v) is 5.73. The zero-order chi connectivity index (χ0) is 14.9. The van der Waals surface area contributed by atoms with E-state index in [1.54, 1.807) is 6.07 Å². The van der Waals surface area contributed by atoms with Crippen molar-refractivity contribution in [1.82, 2.24) is 0 Å². The van der Waals surface area contributed by atoms with Crippen molar-refractivity contribution in [3.8, 4) is 0 Å². The van der Waals surface area contributed by atoms with Crippen molar-refractivity contribution in [2.45, 2.75) is 6.92 Å². The van der Waals surface area contributed by atoms with Crippen LogP contribution in [0.1, 0.15) is 5.56 Å². The molecule has 0 aliphatic heterocycles. The third-order valence-corrected chi connectivity index (χ3v) is 3.67. The van der Waals surface area contributed by atoms with Gasteiger partial charge in [-0.05, 0) is 46.6 Å². The number of anilines is 4. The minimum atomic E-state index is -0.346. The van der Waals surface area contributed by atoms with Crippen molar-refractivity contribution in [2.24, 2.45) is 0 Å². The molecule has 0 bridgehead atoms. The minimum absolute atomic E-state index is 0.346. The molecule has 2 rings (SSSR count). The quantitative estimate of drug-likeness (QED) is 0.821. The van der Waals surface area contributed by atoms with Crippen LogP contribution in [0.5, 0.6) is 0 Å². The van der Waals surface area contributed by atoms with Crippen LogP contribution in [0.2, 0.25) is 0 Å². The highest BCUT2D eigenvalue weighted by Crippen LogP contribution is 2.30. The van der Waals surface area contributed by atoms with E-state index >= 15 is 0 Å². The van der Waals surface area contributed by atoms with Crippen LogP contribution < -0.4 is 16.0 Å². The molecule has 0 saturated carbocycles. The number of nitrogens with zero attached hydrogens (tertiary/aromatic N) is 1. The molecule has 2 aromatic carbocycles. The molecule has 0 unspecified atom stereocenters. The lowest BCUT2D eigenvalue weighted by Crippen LogP contribution is -2.10. The summed E-state index contributed by atoms with van der Waals surface area (Å²) in [7, 11) is 3.97. The van der Waals surface area contributed by atoms with Crippen LogP contribution in [0.4, 0.5) is 27.1 Å². The Labute approximate surface area is 126 Å². The standard InChI is InChI=1S/C15H17BrFN3/c1-9-4-5-10(6-15(9)20(2)3)19-14-8-12(17)11(16)7-13(14)18/h4-8,19H,18H2,1-3H3. The van der Waals surface area contributed by atoms with Crippen molar-refractivity contribution < 1.29 is 4.39 Å². The normalized spacial score (nSPS) is 10.4. The van der Waals surface area contributed by atoms with Crippen molar-refractivity contribution in [1.29, 1.82) is 0 Å². The van der Waals surface area contributed by atoms with E-state index in [9.17, 15) is 4.39 Å². The molecule has 5 heteroatoms. The Bertz CT molecular complexity index is 641. The molecule has 3 nitrogen and oxygen atoms in total. The van der Waals surface area contributed by atoms with Gasteiger partial charge in [-0.15, -0.1) is 0 Å². The molecule has 0 heterocycles. The summed E-state index contributed by atoms with van der Waals surface area (Å²) in [5.41, 5.74) is 10.1. The molecule has 0 aliphatic carbocycles. The van der Waals surface area contributed by atoms with Gasteiger partial charge in [-0.2, -0.15) is 0 Å². The molecule has 0 fully saturated rings. The monoisotopic (exact) mass is 337 g/mol. The highest BCUT2D eigenvalue weighted by atomic mass is 79.9. The summed E-state index contributed by atoms with van der Waals surface area (Å²) in [5, 5.41) is 3.15. The predicted octanol–water partition coefficient (Wildman–Crippen LogP) is 4.29. The third-order valence-electron chi connectivity index (χ3n) is 3.06. The van der Waals surface area contributed by atoms with Gasteiger partial charge < -0.3 is 16.0 Å². The highest BCUT2D eigenvalue weighted by Gasteiger charge is 2.08. The molecule has 0 radical (unpaired) electrons. The van der Waals surface area contributed by atoms with E-state index in [1.165, 1.54) is 11.6 Å². The summed E-state index contributed by atoms with van der Waals surface area (Å²) < 4.78 is 13.9. The molecule has 2 aromatic rings. The van der Waals surface area contributed by atoms with Gasteiger partial charge in [-0.25, -0.2) is 4.39 Å². The molecule has 0 amide bonds. The summed E-state index contributed by atoms with van der Waals surface area (Å²) in [5.74, 6) is -0.346. The van der Waals surface area contributed by atoms with Crippen molar-refractivity contribution >= 4 is 38.7 Å². The molecule has 0 aliphatic rings. The van der Waals surface area contributed by atoms with Crippen LogP contribution in [0.15, 0.2) is 34.8 Å². The highest BCUT2D eigenvalue weighted by molar-refractivity contribution is 9.10. The maximum atomic E-state index is 13.6. The van der Waals surface area contributed by atoms with Gasteiger partial charge in [0.15, 0.2) is 0 Å². The lowest BCUT2D eigenvalue weighted by atomic mass is 10.1. The van der Waals surface area contributed by atoms with Crippen LogP contribution in [0, 0.1) is 12.7 Å².